The van der Waals surface area contributed by atoms with Crippen LogP contribution in [-0.2, 0) is 20.7 Å². The van der Waals surface area contributed by atoms with Crippen LogP contribution in [0.2, 0.25) is 5.02 Å². The van der Waals surface area contributed by atoms with Gasteiger partial charge in [-0.3, -0.25) is 19.9 Å². The van der Waals surface area contributed by atoms with Crippen molar-refractivity contribution in [3.8, 4) is 0 Å². The molecule has 246 valence electrons. The van der Waals surface area contributed by atoms with Crippen molar-refractivity contribution in [3.05, 3.63) is 76.6 Å². The van der Waals surface area contributed by atoms with Gasteiger partial charge >= 0.3 is 5.97 Å². The number of hydrogen-bond donors (Lipinski definition) is 2. The fourth-order valence-electron chi connectivity index (χ4n) is 6.31. The van der Waals surface area contributed by atoms with Crippen molar-refractivity contribution in [1.29, 1.82) is 5.41 Å². The number of alkyl halides is 2. The second kappa shape index (κ2) is 13.7. The summed E-state index contributed by atoms with van der Waals surface area (Å²) < 4.78 is 61.1. The van der Waals surface area contributed by atoms with Crippen LogP contribution in [0.25, 0.3) is 10.8 Å². The molecule has 1 aliphatic carbocycles. The third kappa shape index (κ3) is 8.22. The second-order valence-electron chi connectivity index (χ2n) is 12.9. The van der Waals surface area contributed by atoms with Crippen LogP contribution in [0.3, 0.4) is 0 Å². The van der Waals surface area contributed by atoms with Gasteiger partial charge in [0.2, 0.25) is 11.8 Å². The van der Waals surface area contributed by atoms with E-state index in [2.05, 4.69) is 10.3 Å². The maximum absolute atomic E-state index is 13.9. The van der Waals surface area contributed by atoms with Crippen molar-refractivity contribution in [3.63, 3.8) is 0 Å². The maximum atomic E-state index is 13.9. The number of halogens is 5. The highest BCUT2D eigenvalue weighted by Crippen LogP contribution is 2.49. The molecular formula is C34H37ClF4N4O3. The first kappa shape index (κ1) is 33.8. The first-order valence-electron chi connectivity index (χ1n) is 15.3. The van der Waals surface area contributed by atoms with Crippen LogP contribution in [0.5, 0.6) is 0 Å². The van der Waals surface area contributed by atoms with E-state index < -0.39 is 47.2 Å². The molecule has 0 bridgehead atoms. The number of fused-ring (bicyclic) bond motifs is 1. The lowest BCUT2D eigenvalue weighted by Gasteiger charge is -2.30. The van der Waals surface area contributed by atoms with E-state index in [0.29, 0.717) is 42.3 Å². The third-order valence-corrected chi connectivity index (χ3v) is 9.54. The summed E-state index contributed by atoms with van der Waals surface area (Å²) in [5.74, 6) is -4.59. The van der Waals surface area contributed by atoms with E-state index in [1.54, 1.807) is 31.4 Å². The summed E-state index contributed by atoms with van der Waals surface area (Å²) in [5, 5.41) is 12.7. The largest absolute Gasteiger partial charge is 0.462 e. The smallest absolute Gasteiger partial charge is 0.325 e. The number of carbonyl (C=O) groups is 2. The minimum absolute atomic E-state index is 0.00736. The Morgan fingerprint density at radius 2 is 1.96 bits per heavy atom. The zero-order valence-electron chi connectivity index (χ0n) is 25.7. The van der Waals surface area contributed by atoms with Gasteiger partial charge in [-0.2, -0.15) is 0 Å². The monoisotopic (exact) mass is 660 g/mol. The van der Waals surface area contributed by atoms with Crippen LogP contribution < -0.4 is 5.32 Å². The molecule has 46 heavy (non-hydrogen) atoms. The van der Waals surface area contributed by atoms with Crippen LogP contribution in [0, 0.1) is 22.5 Å². The van der Waals surface area contributed by atoms with Gasteiger partial charge in [0.25, 0.3) is 0 Å². The normalized spacial score (nSPS) is 22.4. The first-order valence-corrected chi connectivity index (χ1v) is 15.7. The van der Waals surface area contributed by atoms with Gasteiger partial charge in [-0.05, 0) is 66.0 Å². The highest BCUT2D eigenvalue weighted by Gasteiger charge is 2.47. The number of esters is 1. The van der Waals surface area contributed by atoms with E-state index >= 15 is 0 Å². The molecular weight excluding hydrogens is 624 g/mol. The van der Waals surface area contributed by atoms with Crippen LogP contribution in [0.15, 0.2) is 48.7 Å². The summed E-state index contributed by atoms with van der Waals surface area (Å²) in [4.78, 5) is 32.1. The van der Waals surface area contributed by atoms with Crippen molar-refractivity contribution in [1.82, 2.24) is 15.2 Å². The molecule has 2 N–H and O–H groups in total. The van der Waals surface area contributed by atoms with Crippen molar-refractivity contribution in [2.45, 2.75) is 82.3 Å². The molecule has 7 nitrogen and oxygen atoms in total. The molecule has 12 heteroatoms. The molecule has 5 rings (SSSR count). The molecule has 1 aromatic heterocycles. The molecule has 3 aromatic rings. The van der Waals surface area contributed by atoms with Crippen LogP contribution in [0.1, 0.15) is 69.2 Å². The summed E-state index contributed by atoms with van der Waals surface area (Å²) in [6.45, 7) is 1.73. The van der Waals surface area contributed by atoms with E-state index in [9.17, 15) is 27.2 Å². The number of rotatable bonds is 13. The van der Waals surface area contributed by atoms with Gasteiger partial charge in [-0.15, -0.1) is 0 Å². The summed E-state index contributed by atoms with van der Waals surface area (Å²) in [6.07, 6.45) is 2.91. The minimum atomic E-state index is -2.68. The number of nitrogens with zero attached hydrogens (tertiary/aromatic N) is 2. The topological polar surface area (TPSA) is 105 Å². The van der Waals surface area contributed by atoms with Gasteiger partial charge < -0.3 is 15.0 Å². The average Bonchev–Trinajstić information content (AvgIpc) is 3.75. The Kier molecular flexibility index (Phi) is 10.0. The van der Waals surface area contributed by atoms with Crippen LogP contribution in [0.4, 0.5) is 17.6 Å². The standard InChI is InChI=1S/C34H37ClF4N4O3/c1-33(11-12-34(38,39)19-33)10-4-6-25(43(2)28(44)16-24(40)14-20-5-3-7-26(37)29(20)35)18-46-32(45)31-30(42-31)27-15-22-13-23(36)9-8-21(22)17-41-27/h3,5,7-9,13,15,17,25,30-31,40,42H,4,6,10-12,14,16,18-19H2,1-2H3/t25-,30?,31?,33?/m0/s1. The predicted molar refractivity (Wildman–Crippen MR) is 167 cm³/mol. The molecule has 0 spiro atoms. The van der Waals surface area contributed by atoms with E-state index in [0.717, 1.165) is 5.39 Å². The van der Waals surface area contributed by atoms with E-state index in [1.165, 1.54) is 29.2 Å². The Bertz CT molecular complexity index is 1640. The SMILES string of the molecule is CN(C(=O)CC(=N)Cc1cccc(F)c1Cl)[C@@H](CCCC1(C)CCC(F)(F)C1)COC(=O)C1NC1c1cc2cc(F)ccc2cn1. The van der Waals surface area contributed by atoms with E-state index in [4.69, 9.17) is 21.7 Å². The zero-order valence-corrected chi connectivity index (χ0v) is 26.5. The maximum Gasteiger partial charge on any atom is 0.325 e. The Labute approximate surface area is 270 Å². The quantitative estimate of drug-likeness (QED) is 0.0873. The molecule has 1 aliphatic heterocycles. The minimum Gasteiger partial charge on any atom is -0.462 e. The number of hydrogen-bond acceptors (Lipinski definition) is 6. The summed E-state index contributed by atoms with van der Waals surface area (Å²) in [7, 11) is 1.56. The van der Waals surface area contributed by atoms with E-state index in [-0.39, 0.29) is 48.8 Å². The number of likely N-dealkylation sites (N-methyl/N-ethyl adjacent to an activating group) is 1. The van der Waals surface area contributed by atoms with Crippen molar-refractivity contribution in [2.24, 2.45) is 5.41 Å². The average molecular weight is 661 g/mol. The fourth-order valence-corrected chi connectivity index (χ4v) is 6.50. The second-order valence-corrected chi connectivity index (χ2v) is 13.3. The number of carbonyl (C=O) groups excluding carboxylic acids is 2. The number of benzene rings is 2. The summed E-state index contributed by atoms with van der Waals surface area (Å²) in [6, 6.07) is 8.75. The lowest BCUT2D eigenvalue weighted by molar-refractivity contribution is -0.147. The van der Waals surface area contributed by atoms with Crippen molar-refractivity contribution < 1.29 is 31.9 Å². The first-order chi connectivity index (χ1) is 21.7. The number of pyridine rings is 1. The van der Waals surface area contributed by atoms with Crippen LogP contribution >= 0.6 is 11.6 Å². The molecule has 3 unspecified atom stereocenters. The molecule has 1 saturated carbocycles. The van der Waals surface area contributed by atoms with Gasteiger partial charge in [0.15, 0.2) is 0 Å². The Balaban J connectivity index is 1.20. The molecule has 1 saturated heterocycles. The van der Waals surface area contributed by atoms with Gasteiger partial charge in [-0.25, -0.2) is 17.6 Å². The molecule has 1 amide bonds. The van der Waals surface area contributed by atoms with Crippen molar-refractivity contribution >= 4 is 40.0 Å². The number of amides is 1. The molecule has 4 atom stereocenters. The van der Waals surface area contributed by atoms with Gasteiger partial charge in [-0.1, -0.05) is 37.1 Å². The lowest BCUT2D eigenvalue weighted by Crippen LogP contribution is -2.42. The number of ether oxygens (including phenoxy) is 1. The van der Waals surface area contributed by atoms with Crippen LogP contribution in [-0.4, -0.2) is 59.1 Å². The molecule has 0 radical (unpaired) electrons. The number of nitrogens with one attached hydrogen (secondary N) is 2. The highest BCUT2D eigenvalue weighted by atomic mass is 35.5. The lowest BCUT2D eigenvalue weighted by atomic mass is 9.82. The highest BCUT2D eigenvalue weighted by molar-refractivity contribution is 6.31. The Morgan fingerprint density at radius 1 is 1.17 bits per heavy atom. The summed E-state index contributed by atoms with van der Waals surface area (Å²) >= 11 is 6.02. The fraction of sp³-hybridized carbons (Fsp3) is 0.471. The Hall–Kier alpha value is -3.57. The molecule has 2 heterocycles. The van der Waals surface area contributed by atoms with Gasteiger partial charge in [0, 0.05) is 43.6 Å². The molecule has 2 aliphatic rings. The summed E-state index contributed by atoms with van der Waals surface area (Å²) in [5.41, 5.74) is 0.489. The zero-order chi connectivity index (χ0) is 33.2. The molecule has 2 fully saturated rings. The van der Waals surface area contributed by atoms with E-state index in [1.807, 2.05) is 6.92 Å². The van der Waals surface area contributed by atoms with Gasteiger partial charge in [0.05, 0.1) is 29.2 Å². The molecule has 2 aromatic carbocycles. The van der Waals surface area contributed by atoms with Gasteiger partial charge in [0.1, 0.15) is 24.3 Å². The Morgan fingerprint density at radius 3 is 2.70 bits per heavy atom. The predicted octanol–water partition coefficient (Wildman–Crippen LogP) is 7.20. The van der Waals surface area contributed by atoms with Crippen molar-refractivity contribution in [2.75, 3.05) is 13.7 Å². The third-order valence-electron chi connectivity index (χ3n) is 9.12. The number of aromatic nitrogens is 1.